The zero-order valence-corrected chi connectivity index (χ0v) is 10.1. The van der Waals surface area contributed by atoms with Gasteiger partial charge in [-0.2, -0.15) is 5.11 Å². The third-order valence-corrected chi connectivity index (χ3v) is 2.69. The van der Waals surface area contributed by atoms with Crippen LogP contribution in [0.25, 0.3) is 5.57 Å². The second kappa shape index (κ2) is 4.13. The summed E-state index contributed by atoms with van der Waals surface area (Å²) in [7, 11) is 1.35. The molecule has 0 radical (unpaired) electrons. The number of rotatable bonds is 2. The van der Waals surface area contributed by atoms with E-state index in [0.29, 0.717) is 5.70 Å². The van der Waals surface area contributed by atoms with E-state index < -0.39 is 11.5 Å². The van der Waals surface area contributed by atoms with E-state index in [4.69, 9.17) is 4.74 Å². The van der Waals surface area contributed by atoms with E-state index in [0.717, 1.165) is 11.1 Å². The molecule has 1 aliphatic heterocycles. The number of hydrogen-bond donors (Lipinski definition) is 0. The summed E-state index contributed by atoms with van der Waals surface area (Å²) in [5.41, 5.74) is 1.56. The van der Waals surface area contributed by atoms with Crippen molar-refractivity contribution in [3.8, 4) is 0 Å². The first-order chi connectivity index (χ1) is 8.06. The largest absolute Gasteiger partial charge is 0.464 e. The Morgan fingerprint density at radius 1 is 1.24 bits per heavy atom. The molecule has 0 aromatic heterocycles. The van der Waals surface area contributed by atoms with E-state index in [1.54, 1.807) is 0 Å². The van der Waals surface area contributed by atoms with Crippen LogP contribution in [-0.2, 0) is 9.53 Å². The summed E-state index contributed by atoms with van der Waals surface area (Å²) in [6.07, 6.45) is 0. The number of hydrogen-bond acceptors (Lipinski definition) is 4. The predicted molar refractivity (Wildman–Crippen MR) is 64.3 cm³/mol. The molecular formula is C13H14N2O2. The average molecular weight is 230 g/mol. The Labute approximate surface area is 100 Å². The van der Waals surface area contributed by atoms with E-state index in [2.05, 4.69) is 10.2 Å². The maximum atomic E-state index is 11.7. The minimum Gasteiger partial charge on any atom is -0.464 e. The molecule has 2 rings (SSSR count). The molecule has 1 aromatic rings. The fourth-order valence-corrected chi connectivity index (χ4v) is 1.90. The molecule has 0 unspecified atom stereocenters. The molecule has 0 spiro atoms. The van der Waals surface area contributed by atoms with Crippen molar-refractivity contribution in [2.75, 3.05) is 7.11 Å². The lowest BCUT2D eigenvalue weighted by Crippen LogP contribution is -2.18. The van der Waals surface area contributed by atoms with Gasteiger partial charge in [-0.1, -0.05) is 30.3 Å². The Hall–Kier alpha value is -1.97. The Morgan fingerprint density at radius 3 is 2.47 bits per heavy atom. The van der Waals surface area contributed by atoms with Crippen LogP contribution in [0.3, 0.4) is 0 Å². The Kier molecular flexibility index (Phi) is 2.79. The van der Waals surface area contributed by atoms with E-state index in [1.165, 1.54) is 7.11 Å². The fourth-order valence-electron chi connectivity index (χ4n) is 1.90. The topological polar surface area (TPSA) is 51.0 Å². The molecule has 0 saturated carbocycles. The van der Waals surface area contributed by atoms with Crippen LogP contribution >= 0.6 is 0 Å². The summed E-state index contributed by atoms with van der Waals surface area (Å²) in [4.78, 5) is 11.7. The summed E-state index contributed by atoms with van der Waals surface area (Å²) in [5, 5.41) is 8.07. The molecule has 1 aliphatic rings. The van der Waals surface area contributed by atoms with Crippen LogP contribution in [0.5, 0.6) is 0 Å². The van der Waals surface area contributed by atoms with Crippen LogP contribution in [0, 0.1) is 0 Å². The number of methoxy groups -OCH3 is 1. The minimum atomic E-state index is -0.495. The zero-order valence-electron chi connectivity index (χ0n) is 10.1. The van der Waals surface area contributed by atoms with Gasteiger partial charge in [0, 0.05) is 5.57 Å². The zero-order chi connectivity index (χ0) is 12.5. The molecule has 88 valence electrons. The highest BCUT2D eigenvalue weighted by Crippen LogP contribution is 2.39. The molecule has 0 bridgehead atoms. The van der Waals surface area contributed by atoms with Gasteiger partial charge in [-0.05, 0) is 19.4 Å². The van der Waals surface area contributed by atoms with Gasteiger partial charge in [0.15, 0.2) is 5.70 Å². The summed E-state index contributed by atoms with van der Waals surface area (Å²) in [6.45, 7) is 3.85. The van der Waals surface area contributed by atoms with Gasteiger partial charge in [0.25, 0.3) is 0 Å². The minimum absolute atomic E-state index is 0.295. The molecule has 1 heterocycles. The summed E-state index contributed by atoms with van der Waals surface area (Å²) in [6, 6.07) is 9.65. The lowest BCUT2D eigenvalue weighted by atomic mass is 9.88. The Balaban J connectivity index is 2.57. The summed E-state index contributed by atoms with van der Waals surface area (Å²) in [5.74, 6) is -0.446. The molecular weight excluding hydrogens is 216 g/mol. The standard InChI is InChI=1S/C13H14N2O2/c1-13(2)10(9-7-5-4-6-8-9)11(14-15-13)12(16)17-3/h4-8H,1-3H3. The van der Waals surface area contributed by atoms with Crippen LogP contribution in [0.15, 0.2) is 46.3 Å². The smallest absolute Gasteiger partial charge is 0.358 e. The van der Waals surface area contributed by atoms with Gasteiger partial charge in [0.1, 0.15) is 5.54 Å². The van der Waals surface area contributed by atoms with Crippen LogP contribution < -0.4 is 0 Å². The number of carbonyl (C=O) groups is 1. The number of carbonyl (C=O) groups excluding carboxylic acids is 1. The third-order valence-electron chi connectivity index (χ3n) is 2.69. The Morgan fingerprint density at radius 2 is 1.88 bits per heavy atom. The maximum absolute atomic E-state index is 11.7. The number of azo groups is 1. The fraction of sp³-hybridized carbons (Fsp3) is 0.308. The van der Waals surface area contributed by atoms with Gasteiger partial charge < -0.3 is 4.74 Å². The molecule has 4 nitrogen and oxygen atoms in total. The van der Waals surface area contributed by atoms with Crippen molar-refractivity contribution in [3.63, 3.8) is 0 Å². The van der Waals surface area contributed by atoms with Gasteiger partial charge in [0.2, 0.25) is 0 Å². The number of esters is 1. The second-order valence-corrected chi connectivity index (χ2v) is 4.34. The second-order valence-electron chi connectivity index (χ2n) is 4.34. The highest BCUT2D eigenvalue weighted by molar-refractivity contribution is 6.00. The SMILES string of the molecule is COC(=O)C1=C(c2ccccc2)C(C)(C)N=N1. The van der Waals surface area contributed by atoms with Crippen LogP contribution in [0.4, 0.5) is 0 Å². The normalized spacial score (nSPS) is 17.4. The van der Waals surface area contributed by atoms with E-state index in [-0.39, 0.29) is 0 Å². The monoisotopic (exact) mass is 230 g/mol. The van der Waals surface area contributed by atoms with Crippen LogP contribution in [-0.4, -0.2) is 18.6 Å². The van der Waals surface area contributed by atoms with Crippen molar-refractivity contribution in [1.29, 1.82) is 0 Å². The van der Waals surface area contributed by atoms with Gasteiger partial charge in [-0.25, -0.2) is 4.79 Å². The molecule has 4 heteroatoms. The van der Waals surface area contributed by atoms with Crippen molar-refractivity contribution in [2.24, 2.45) is 10.2 Å². The molecule has 0 atom stereocenters. The van der Waals surface area contributed by atoms with Crippen molar-refractivity contribution >= 4 is 11.5 Å². The molecule has 0 aliphatic carbocycles. The van der Waals surface area contributed by atoms with E-state index >= 15 is 0 Å². The van der Waals surface area contributed by atoms with Crippen molar-refractivity contribution in [3.05, 3.63) is 41.6 Å². The number of benzene rings is 1. The third kappa shape index (κ3) is 1.98. The van der Waals surface area contributed by atoms with Gasteiger partial charge >= 0.3 is 5.97 Å². The van der Waals surface area contributed by atoms with Crippen molar-refractivity contribution in [1.82, 2.24) is 0 Å². The molecule has 0 fully saturated rings. The highest BCUT2D eigenvalue weighted by atomic mass is 16.5. The quantitative estimate of drug-likeness (QED) is 0.733. The maximum Gasteiger partial charge on any atom is 0.358 e. The van der Waals surface area contributed by atoms with Crippen molar-refractivity contribution in [2.45, 2.75) is 19.4 Å². The molecule has 0 saturated heterocycles. The highest BCUT2D eigenvalue weighted by Gasteiger charge is 2.35. The number of nitrogens with zero attached hydrogens (tertiary/aromatic N) is 2. The first-order valence-electron chi connectivity index (χ1n) is 5.37. The molecule has 0 amide bonds. The van der Waals surface area contributed by atoms with E-state index in [1.807, 2.05) is 44.2 Å². The molecule has 1 aromatic carbocycles. The Bertz CT molecular complexity index is 501. The van der Waals surface area contributed by atoms with Gasteiger partial charge in [-0.15, -0.1) is 5.11 Å². The van der Waals surface area contributed by atoms with Crippen LogP contribution in [0.1, 0.15) is 19.4 Å². The first-order valence-corrected chi connectivity index (χ1v) is 5.37. The summed E-state index contributed by atoms with van der Waals surface area (Å²) < 4.78 is 4.73. The molecule has 0 N–H and O–H groups in total. The molecule has 17 heavy (non-hydrogen) atoms. The van der Waals surface area contributed by atoms with Crippen LogP contribution in [0.2, 0.25) is 0 Å². The van der Waals surface area contributed by atoms with Crippen molar-refractivity contribution < 1.29 is 9.53 Å². The summed E-state index contributed by atoms with van der Waals surface area (Å²) >= 11 is 0. The first kappa shape index (κ1) is 11.5. The lowest BCUT2D eigenvalue weighted by Gasteiger charge is -2.18. The van der Waals surface area contributed by atoms with Gasteiger partial charge in [-0.3, -0.25) is 0 Å². The van der Waals surface area contributed by atoms with Gasteiger partial charge in [0.05, 0.1) is 7.11 Å². The number of ether oxygens (including phenoxy) is 1. The average Bonchev–Trinajstić information content (AvgIpc) is 2.65. The lowest BCUT2D eigenvalue weighted by molar-refractivity contribution is -0.136. The van der Waals surface area contributed by atoms with E-state index in [9.17, 15) is 4.79 Å². The predicted octanol–water partition coefficient (Wildman–Crippen LogP) is 2.82.